The van der Waals surface area contributed by atoms with Gasteiger partial charge in [-0.25, -0.2) is 4.79 Å². The molecule has 8 nitrogen and oxygen atoms in total. The molecule has 0 saturated heterocycles. The fourth-order valence-electron chi connectivity index (χ4n) is 2.27. The van der Waals surface area contributed by atoms with Gasteiger partial charge in [0.25, 0.3) is 11.1 Å². The van der Waals surface area contributed by atoms with Gasteiger partial charge in [-0.05, 0) is 29.8 Å². The molecule has 0 radical (unpaired) electrons. The molecule has 0 bridgehead atoms. The highest BCUT2D eigenvalue weighted by Gasteiger charge is 2.11. The van der Waals surface area contributed by atoms with Crippen LogP contribution in [0.4, 0.5) is 4.79 Å². The van der Waals surface area contributed by atoms with Crippen LogP contribution in [0.1, 0.15) is 17.9 Å². The summed E-state index contributed by atoms with van der Waals surface area (Å²) in [4.78, 5) is 23.6. The van der Waals surface area contributed by atoms with Gasteiger partial charge in [-0.15, -0.1) is 10.2 Å². The molecular formula is C20H19ClN4O4S. The molecule has 30 heavy (non-hydrogen) atoms. The average Bonchev–Trinajstić information content (AvgIpc) is 3.20. The summed E-state index contributed by atoms with van der Waals surface area (Å²) in [5.41, 5.74) is 0.947. The van der Waals surface area contributed by atoms with Gasteiger partial charge >= 0.3 is 6.03 Å². The second-order valence-corrected chi connectivity index (χ2v) is 7.50. The Hall–Kier alpha value is -3.04. The van der Waals surface area contributed by atoms with E-state index < -0.39 is 6.03 Å². The lowest BCUT2D eigenvalue weighted by Crippen LogP contribution is -2.39. The van der Waals surface area contributed by atoms with E-state index in [1.54, 1.807) is 24.3 Å². The van der Waals surface area contributed by atoms with Crippen molar-refractivity contribution in [2.24, 2.45) is 0 Å². The summed E-state index contributed by atoms with van der Waals surface area (Å²) in [6, 6.07) is 15.8. The Balaban J connectivity index is 1.32. The molecule has 2 aromatic carbocycles. The van der Waals surface area contributed by atoms with Gasteiger partial charge in [0, 0.05) is 23.7 Å². The molecule has 156 valence electrons. The second-order valence-electron chi connectivity index (χ2n) is 6.02. The van der Waals surface area contributed by atoms with Crippen LogP contribution in [0, 0.1) is 0 Å². The Labute approximate surface area is 182 Å². The molecule has 0 saturated carbocycles. The number of carbonyl (C=O) groups is 2. The minimum atomic E-state index is -0.534. The van der Waals surface area contributed by atoms with Crippen molar-refractivity contribution in [1.29, 1.82) is 0 Å². The molecule has 1 heterocycles. The quantitative estimate of drug-likeness (QED) is 0.481. The molecule has 0 spiro atoms. The lowest BCUT2D eigenvalue weighted by Gasteiger charge is -2.06. The van der Waals surface area contributed by atoms with E-state index in [9.17, 15) is 9.59 Å². The Morgan fingerprint density at radius 1 is 1.07 bits per heavy atom. The molecule has 0 aliphatic rings. The molecule has 0 aliphatic carbocycles. The number of aromatic nitrogens is 2. The van der Waals surface area contributed by atoms with E-state index in [1.807, 2.05) is 30.3 Å². The molecule has 0 atom stereocenters. The highest BCUT2D eigenvalue weighted by Crippen LogP contribution is 2.19. The van der Waals surface area contributed by atoms with Gasteiger partial charge < -0.3 is 14.5 Å². The number of halogens is 1. The van der Waals surface area contributed by atoms with E-state index in [-0.39, 0.29) is 18.9 Å². The molecule has 0 aliphatic heterocycles. The first-order valence-corrected chi connectivity index (χ1v) is 10.4. The van der Waals surface area contributed by atoms with Gasteiger partial charge in [0.05, 0.1) is 0 Å². The number of nitrogens with one attached hydrogen (secondary N) is 2. The van der Waals surface area contributed by atoms with Crippen molar-refractivity contribution in [3.05, 3.63) is 71.1 Å². The third-order valence-corrected chi connectivity index (χ3v) is 4.80. The van der Waals surface area contributed by atoms with E-state index in [2.05, 4.69) is 20.8 Å². The zero-order valence-corrected chi connectivity index (χ0v) is 17.4. The van der Waals surface area contributed by atoms with Gasteiger partial charge in [0.15, 0.2) is 6.61 Å². The second kappa shape index (κ2) is 11.2. The highest BCUT2D eigenvalue weighted by molar-refractivity contribution is 7.99. The molecule has 0 fully saturated rings. The van der Waals surface area contributed by atoms with Crippen LogP contribution in [0.15, 0.2) is 64.2 Å². The fraction of sp³-hybridized carbons (Fsp3) is 0.200. The number of hydrogen-bond donors (Lipinski definition) is 2. The number of nitrogens with zero attached hydrogens (tertiary/aromatic N) is 2. The number of carbonyl (C=O) groups excluding carboxylic acids is 2. The largest absolute Gasteiger partial charge is 0.484 e. The van der Waals surface area contributed by atoms with Crippen molar-refractivity contribution >= 4 is 35.3 Å². The Bertz CT molecular complexity index is 966. The SMILES string of the molecule is O=C(CCSc1nnc(COc2ccc(Cl)cc2)o1)NC(=O)NCc1ccccc1. The van der Waals surface area contributed by atoms with Crippen LogP contribution in [0.2, 0.25) is 5.02 Å². The van der Waals surface area contributed by atoms with Crippen LogP contribution in [-0.4, -0.2) is 27.9 Å². The van der Waals surface area contributed by atoms with E-state index in [4.69, 9.17) is 20.8 Å². The molecule has 10 heteroatoms. The maximum Gasteiger partial charge on any atom is 0.321 e. The molecule has 0 unspecified atom stereocenters. The average molecular weight is 447 g/mol. The maximum atomic E-state index is 11.9. The summed E-state index contributed by atoms with van der Waals surface area (Å²) in [5.74, 6) is 0.947. The lowest BCUT2D eigenvalue weighted by atomic mass is 10.2. The third kappa shape index (κ3) is 7.41. The number of benzene rings is 2. The van der Waals surface area contributed by atoms with E-state index in [0.29, 0.717) is 34.2 Å². The van der Waals surface area contributed by atoms with Crippen molar-refractivity contribution in [3.63, 3.8) is 0 Å². The van der Waals surface area contributed by atoms with Crippen LogP contribution in [0.3, 0.4) is 0 Å². The van der Waals surface area contributed by atoms with Crippen molar-refractivity contribution in [2.45, 2.75) is 24.8 Å². The smallest absolute Gasteiger partial charge is 0.321 e. The molecule has 3 aromatic rings. The van der Waals surface area contributed by atoms with Gasteiger partial charge in [-0.1, -0.05) is 53.7 Å². The molecule has 3 amide bonds. The molecular weight excluding hydrogens is 428 g/mol. The topological polar surface area (TPSA) is 106 Å². The summed E-state index contributed by atoms with van der Waals surface area (Å²) in [7, 11) is 0. The zero-order chi connectivity index (χ0) is 21.2. The van der Waals surface area contributed by atoms with Crippen molar-refractivity contribution < 1.29 is 18.7 Å². The minimum absolute atomic E-state index is 0.122. The fourth-order valence-corrected chi connectivity index (χ4v) is 3.12. The standard InChI is InChI=1S/C20H19ClN4O4S/c21-15-6-8-16(9-7-15)28-13-18-24-25-20(29-18)30-11-10-17(26)23-19(27)22-12-14-4-2-1-3-5-14/h1-9H,10-13H2,(H2,22,23,26,27). The number of thioether (sulfide) groups is 1. The first-order chi connectivity index (χ1) is 14.6. The molecule has 2 N–H and O–H groups in total. The monoisotopic (exact) mass is 446 g/mol. The van der Waals surface area contributed by atoms with Crippen LogP contribution < -0.4 is 15.4 Å². The van der Waals surface area contributed by atoms with Gasteiger partial charge in [-0.3, -0.25) is 10.1 Å². The lowest BCUT2D eigenvalue weighted by molar-refractivity contribution is -0.119. The number of ether oxygens (including phenoxy) is 1. The minimum Gasteiger partial charge on any atom is -0.484 e. The molecule has 1 aromatic heterocycles. The van der Waals surface area contributed by atoms with Gasteiger partial charge in [0.1, 0.15) is 5.75 Å². The van der Waals surface area contributed by atoms with Crippen molar-refractivity contribution in [1.82, 2.24) is 20.8 Å². The Morgan fingerprint density at radius 3 is 2.60 bits per heavy atom. The van der Waals surface area contributed by atoms with Crippen molar-refractivity contribution in [3.8, 4) is 5.75 Å². The number of imide groups is 1. The van der Waals surface area contributed by atoms with Crippen LogP contribution in [0.5, 0.6) is 5.75 Å². The summed E-state index contributed by atoms with van der Waals surface area (Å²) in [6.45, 7) is 0.467. The van der Waals surface area contributed by atoms with Gasteiger partial charge in [0.2, 0.25) is 5.91 Å². The highest BCUT2D eigenvalue weighted by atomic mass is 35.5. The first kappa shape index (κ1) is 21.7. The first-order valence-electron chi connectivity index (χ1n) is 9.03. The van der Waals surface area contributed by atoms with Crippen molar-refractivity contribution in [2.75, 3.05) is 5.75 Å². The van der Waals surface area contributed by atoms with E-state index in [1.165, 1.54) is 11.8 Å². The van der Waals surface area contributed by atoms with Crippen LogP contribution in [-0.2, 0) is 17.9 Å². The predicted octanol–water partition coefficient (Wildman–Crippen LogP) is 3.81. The maximum absolute atomic E-state index is 11.9. The van der Waals surface area contributed by atoms with Crippen LogP contribution >= 0.6 is 23.4 Å². The molecule has 3 rings (SSSR count). The van der Waals surface area contributed by atoms with E-state index >= 15 is 0 Å². The number of urea groups is 1. The Kier molecular flexibility index (Phi) is 8.10. The van der Waals surface area contributed by atoms with Crippen LogP contribution in [0.25, 0.3) is 0 Å². The number of amides is 3. The normalized spacial score (nSPS) is 10.4. The summed E-state index contributed by atoms with van der Waals surface area (Å²) in [6.07, 6.45) is 0.127. The summed E-state index contributed by atoms with van der Waals surface area (Å²) >= 11 is 7.05. The number of hydrogen-bond acceptors (Lipinski definition) is 7. The zero-order valence-electron chi connectivity index (χ0n) is 15.8. The summed E-state index contributed by atoms with van der Waals surface area (Å²) < 4.78 is 11.0. The third-order valence-electron chi connectivity index (χ3n) is 3.73. The van der Waals surface area contributed by atoms with Gasteiger partial charge in [-0.2, -0.15) is 0 Å². The number of rotatable bonds is 9. The predicted molar refractivity (Wildman–Crippen MR) is 112 cm³/mol. The summed E-state index contributed by atoms with van der Waals surface area (Å²) in [5, 5.41) is 13.7. The Morgan fingerprint density at radius 2 is 1.83 bits per heavy atom. The van der Waals surface area contributed by atoms with E-state index in [0.717, 1.165) is 5.56 Å².